The van der Waals surface area contributed by atoms with Gasteiger partial charge in [-0.3, -0.25) is 0 Å². The van der Waals surface area contributed by atoms with Gasteiger partial charge in [0.15, 0.2) is 13.2 Å². The summed E-state index contributed by atoms with van der Waals surface area (Å²) in [5.41, 5.74) is -1.14. The van der Waals surface area contributed by atoms with Crippen LogP contribution in [0.2, 0.25) is 0 Å². The number of carbonyl (C=O) groups excluding carboxylic acids is 2. The molecule has 2 rings (SSSR count). The lowest BCUT2D eigenvalue weighted by Crippen LogP contribution is -2.27. The molecule has 0 atom stereocenters. The lowest BCUT2D eigenvalue weighted by atomic mass is 10.1. The largest absolute Gasteiger partial charge is 0.481 e. The molecular weight excluding hydrogens is 360 g/mol. The number of benzene rings is 2. The lowest BCUT2D eigenvalue weighted by Gasteiger charge is -2.20. The second-order valence-electron chi connectivity index (χ2n) is 8.36. The molecule has 0 amide bonds. The van der Waals surface area contributed by atoms with Gasteiger partial charge >= 0.3 is 11.9 Å². The van der Waals surface area contributed by atoms with Gasteiger partial charge in [0.25, 0.3) is 0 Å². The highest BCUT2D eigenvalue weighted by atomic mass is 16.6. The van der Waals surface area contributed by atoms with E-state index in [1.54, 1.807) is 65.8 Å². The third-order valence-corrected chi connectivity index (χ3v) is 3.37. The SMILES string of the molecule is CC(C)(C)OC(=O)COc1cccc2c(OCC(=O)OC(C)(C)C)cccc12. The quantitative estimate of drug-likeness (QED) is 0.688. The standard InChI is InChI=1S/C22H28O6/c1-21(2,3)27-19(23)13-25-17-11-7-10-16-15(17)9-8-12-18(16)26-14-20(24)28-22(4,5)6/h7-12H,13-14H2,1-6H3. The van der Waals surface area contributed by atoms with Crippen LogP contribution < -0.4 is 9.47 Å². The molecule has 0 aromatic heterocycles. The molecule has 0 saturated carbocycles. The minimum atomic E-state index is -0.568. The fourth-order valence-electron chi connectivity index (χ4n) is 2.52. The van der Waals surface area contributed by atoms with E-state index in [-0.39, 0.29) is 13.2 Å². The van der Waals surface area contributed by atoms with E-state index in [4.69, 9.17) is 18.9 Å². The van der Waals surface area contributed by atoms with E-state index in [9.17, 15) is 9.59 Å². The molecule has 2 aromatic rings. The van der Waals surface area contributed by atoms with Crippen LogP contribution in [0.25, 0.3) is 10.8 Å². The number of carbonyl (C=O) groups is 2. The van der Waals surface area contributed by atoms with Crippen molar-refractivity contribution in [1.29, 1.82) is 0 Å². The molecule has 6 heteroatoms. The third-order valence-electron chi connectivity index (χ3n) is 3.37. The predicted molar refractivity (Wildman–Crippen MR) is 107 cm³/mol. The van der Waals surface area contributed by atoms with Gasteiger partial charge < -0.3 is 18.9 Å². The van der Waals surface area contributed by atoms with E-state index in [0.717, 1.165) is 10.8 Å². The highest BCUT2D eigenvalue weighted by Crippen LogP contribution is 2.32. The van der Waals surface area contributed by atoms with Crippen LogP contribution in [0.15, 0.2) is 36.4 Å². The van der Waals surface area contributed by atoms with Crippen molar-refractivity contribution in [3.05, 3.63) is 36.4 Å². The molecule has 0 N–H and O–H groups in total. The number of fused-ring (bicyclic) bond motifs is 1. The first kappa shape index (κ1) is 21.5. The fraction of sp³-hybridized carbons (Fsp3) is 0.455. The van der Waals surface area contributed by atoms with Crippen LogP contribution in [-0.4, -0.2) is 36.4 Å². The first-order valence-electron chi connectivity index (χ1n) is 9.16. The second kappa shape index (κ2) is 8.50. The molecule has 0 aliphatic rings. The molecule has 6 nitrogen and oxygen atoms in total. The third kappa shape index (κ3) is 6.76. The summed E-state index contributed by atoms with van der Waals surface area (Å²) in [4.78, 5) is 23.8. The van der Waals surface area contributed by atoms with E-state index in [1.807, 2.05) is 12.1 Å². The Hall–Kier alpha value is -2.76. The maximum Gasteiger partial charge on any atom is 0.344 e. The molecule has 28 heavy (non-hydrogen) atoms. The van der Waals surface area contributed by atoms with Crippen molar-refractivity contribution in [3.8, 4) is 11.5 Å². The Kier molecular flexibility index (Phi) is 6.54. The van der Waals surface area contributed by atoms with Crippen molar-refractivity contribution in [2.24, 2.45) is 0 Å². The Labute approximate surface area is 165 Å². The monoisotopic (exact) mass is 388 g/mol. The molecule has 0 radical (unpaired) electrons. The van der Waals surface area contributed by atoms with Gasteiger partial charge in [-0.1, -0.05) is 24.3 Å². The number of rotatable bonds is 6. The average molecular weight is 388 g/mol. The number of hydrogen-bond donors (Lipinski definition) is 0. The van der Waals surface area contributed by atoms with Crippen LogP contribution in [-0.2, 0) is 19.1 Å². The van der Waals surface area contributed by atoms with Crippen molar-refractivity contribution in [1.82, 2.24) is 0 Å². The van der Waals surface area contributed by atoms with Crippen LogP contribution in [0, 0.1) is 0 Å². The van der Waals surface area contributed by atoms with Gasteiger partial charge in [0.05, 0.1) is 0 Å². The smallest absolute Gasteiger partial charge is 0.344 e. The van der Waals surface area contributed by atoms with Crippen molar-refractivity contribution in [2.75, 3.05) is 13.2 Å². The Balaban J connectivity index is 2.11. The van der Waals surface area contributed by atoms with E-state index in [0.29, 0.717) is 11.5 Å². The minimum Gasteiger partial charge on any atom is -0.481 e. The van der Waals surface area contributed by atoms with E-state index in [1.165, 1.54) is 0 Å². The van der Waals surface area contributed by atoms with Crippen LogP contribution in [0.4, 0.5) is 0 Å². The van der Waals surface area contributed by atoms with Gasteiger partial charge in [-0.15, -0.1) is 0 Å². The summed E-state index contributed by atoms with van der Waals surface area (Å²) < 4.78 is 21.8. The average Bonchev–Trinajstić information content (AvgIpc) is 2.55. The summed E-state index contributed by atoms with van der Waals surface area (Å²) >= 11 is 0. The number of hydrogen-bond acceptors (Lipinski definition) is 6. The van der Waals surface area contributed by atoms with Crippen LogP contribution >= 0.6 is 0 Å². The van der Waals surface area contributed by atoms with Crippen molar-refractivity contribution < 1.29 is 28.5 Å². The molecule has 0 saturated heterocycles. The Morgan fingerprint density at radius 1 is 0.679 bits per heavy atom. The first-order valence-corrected chi connectivity index (χ1v) is 9.16. The summed E-state index contributed by atoms with van der Waals surface area (Å²) in [5.74, 6) is 0.181. The predicted octanol–water partition coefficient (Wildman–Crippen LogP) is 4.28. The highest BCUT2D eigenvalue weighted by molar-refractivity contribution is 5.93. The minimum absolute atomic E-state index is 0.195. The van der Waals surface area contributed by atoms with Gasteiger partial charge in [0, 0.05) is 10.8 Å². The van der Waals surface area contributed by atoms with Crippen LogP contribution in [0.1, 0.15) is 41.5 Å². The Morgan fingerprint density at radius 2 is 1.04 bits per heavy atom. The van der Waals surface area contributed by atoms with Gasteiger partial charge in [0.1, 0.15) is 22.7 Å². The van der Waals surface area contributed by atoms with E-state index < -0.39 is 23.1 Å². The summed E-state index contributed by atoms with van der Waals surface area (Å²) in [7, 11) is 0. The molecule has 0 aliphatic heterocycles. The zero-order chi connectivity index (χ0) is 20.9. The lowest BCUT2D eigenvalue weighted by molar-refractivity contribution is -0.158. The Morgan fingerprint density at radius 3 is 1.36 bits per heavy atom. The maximum atomic E-state index is 11.9. The molecule has 2 aromatic carbocycles. The zero-order valence-electron chi connectivity index (χ0n) is 17.3. The fourth-order valence-corrected chi connectivity index (χ4v) is 2.52. The molecule has 152 valence electrons. The normalized spacial score (nSPS) is 11.8. The molecule has 0 unspecified atom stereocenters. The summed E-state index contributed by atoms with van der Waals surface area (Å²) in [5, 5.41) is 1.54. The molecule has 0 fully saturated rings. The van der Waals surface area contributed by atoms with Gasteiger partial charge in [-0.25, -0.2) is 9.59 Å². The summed E-state index contributed by atoms with van der Waals surface area (Å²) in [6.07, 6.45) is 0. The van der Waals surface area contributed by atoms with Crippen molar-refractivity contribution in [2.45, 2.75) is 52.7 Å². The summed E-state index contributed by atoms with van der Waals surface area (Å²) in [6, 6.07) is 10.9. The second-order valence-corrected chi connectivity index (χ2v) is 8.36. The summed E-state index contributed by atoms with van der Waals surface area (Å²) in [6.45, 7) is 10.4. The van der Waals surface area contributed by atoms with Crippen LogP contribution in [0.3, 0.4) is 0 Å². The van der Waals surface area contributed by atoms with E-state index >= 15 is 0 Å². The molecule has 0 bridgehead atoms. The van der Waals surface area contributed by atoms with Crippen molar-refractivity contribution >= 4 is 22.7 Å². The zero-order valence-corrected chi connectivity index (χ0v) is 17.3. The van der Waals surface area contributed by atoms with Crippen molar-refractivity contribution in [3.63, 3.8) is 0 Å². The number of ether oxygens (including phenoxy) is 4. The highest BCUT2D eigenvalue weighted by Gasteiger charge is 2.18. The molecular formula is C22H28O6. The maximum absolute atomic E-state index is 11.9. The number of esters is 2. The first-order chi connectivity index (χ1) is 12.9. The Bertz CT molecular complexity index is 771. The molecule has 0 heterocycles. The van der Waals surface area contributed by atoms with E-state index in [2.05, 4.69) is 0 Å². The molecule has 0 spiro atoms. The van der Waals surface area contributed by atoms with Gasteiger partial charge in [-0.2, -0.15) is 0 Å². The van der Waals surface area contributed by atoms with Crippen LogP contribution in [0.5, 0.6) is 11.5 Å². The van der Waals surface area contributed by atoms with Gasteiger partial charge in [-0.05, 0) is 53.7 Å². The molecule has 0 aliphatic carbocycles. The van der Waals surface area contributed by atoms with Gasteiger partial charge in [0.2, 0.25) is 0 Å². The topological polar surface area (TPSA) is 71.1 Å².